The van der Waals surface area contributed by atoms with Crippen LogP contribution in [0.2, 0.25) is 0 Å². The summed E-state index contributed by atoms with van der Waals surface area (Å²) >= 11 is 0. The van der Waals surface area contributed by atoms with Gasteiger partial charge in [0, 0.05) is 17.2 Å². The van der Waals surface area contributed by atoms with Gasteiger partial charge in [0.2, 0.25) is 0 Å². The Bertz CT molecular complexity index is 814. The summed E-state index contributed by atoms with van der Waals surface area (Å²) in [6, 6.07) is 11.6. The number of carbonyl (C=O) groups is 1. The molecule has 0 saturated heterocycles. The molecule has 0 atom stereocenters. The monoisotopic (exact) mass is 341 g/mol. The molecule has 7 nitrogen and oxygen atoms in total. The van der Waals surface area contributed by atoms with E-state index in [0.717, 1.165) is 5.56 Å². The van der Waals surface area contributed by atoms with E-state index in [2.05, 4.69) is 10.5 Å². The number of nitro benzene ring substituents is 1. The molecule has 0 unspecified atom stereocenters. The number of nitro groups is 1. The minimum Gasteiger partial charge on any atom is -0.487 e. The van der Waals surface area contributed by atoms with E-state index in [4.69, 9.17) is 4.74 Å². The second-order valence-electron chi connectivity index (χ2n) is 5.38. The van der Waals surface area contributed by atoms with E-state index in [9.17, 15) is 14.9 Å². The SMILES string of the molecule is CCOc1ccc(/C(C)=N/NC(=O)c2ccc(C)cc2)cc1[N+](=O)[O-]. The lowest BCUT2D eigenvalue weighted by molar-refractivity contribution is -0.385. The average molecular weight is 341 g/mol. The van der Waals surface area contributed by atoms with Gasteiger partial charge in [-0.1, -0.05) is 17.7 Å². The number of hydrogen-bond acceptors (Lipinski definition) is 5. The van der Waals surface area contributed by atoms with Crippen LogP contribution in [-0.4, -0.2) is 23.1 Å². The summed E-state index contributed by atoms with van der Waals surface area (Å²) in [4.78, 5) is 22.7. The van der Waals surface area contributed by atoms with Crippen molar-refractivity contribution in [2.24, 2.45) is 5.10 Å². The molecule has 0 aromatic heterocycles. The van der Waals surface area contributed by atoms with Crippen LogP contribution < -0.4 is 10.2 Å². The summed E-state index contributed by atoms with van der Waals surface area (Å²) in [7, 11) is 0. The highest BCUT2D eigenvalue weighted by atomic mass is 16.6. The molecule has 0 aliphatic carbocycles. The fourth-order valence-corrected chi connectivity index (χ4v) is 2.13. The van der Waals surface area contributed by atoms with Crippen molar-refractivity contribution >= 4 is 17.3 Å². The van der Waals surface area contributed by atoms with Crippen molar-refractivity contribution in [2.45, 2.75) is 20.8 Å². The largest absolute Gasteiger partial charge is 0.487 e. The van der Waals surface area contributed by atoms with Gasteiger partial charge >= 0.3 is 5.69 Å². The third kappa shape index (κ3) is 4.63. The molecule has 25 heavy (non-hydrogen) atoms. The number of ether oxygens (including phenoxy) is 1. The second kappa shape index (κ2) is 8.05. The van der Waals surface area contributed by atoms with Gasteiger partial charge in [0.05, 0.1) is 17.2 Å². The lowest BCUT2D eigenvalue weighted by Gasteiger charge is -2.07. The van der Waals surface area contributed by atoms with Crippen molar-refractivity contribution in [2.75, 3.05) is 6.61 Å². The molecule has 0 aliphatic rings. The number of carbonyl (C=O) groups excluding carboxylic acids is 1. The fraction of sp³-hybridized carbons (Fsp3) is 0.222. The van der Waals surface area contributed by atoms with Crippen molar-refractivity contribution in [1.82, 2.24) is 5.43 Å². The molecule has 0 aliphatic heterocycles. The third-order valence-electron chi connectivity index (χ3n) is 3.51. The van der Waals surface area contributed by atoms with E-state index in [-0.39, 0.29) is 17.3 Å². The van der Waals surface area contributed by atoms with Gasteiger partial charge in [-0.2, -0.15) is 5.10 Å². The predicted molar refractivity (Wildman–Crippen MR) is 95.1 cm³/mol. The summed E-state index contributed by atoms with van der Waals surface area (Å²) in [6.07, 6.45) is 0. The first kappa shape index (κ1) is 18.1. The van der Waals surface area contributed by atoms with Gasteiger partial charge < -0.3 is 4.74 Å². The number of nitrogens with zero attached hydrogens (tertiary/aromatic N) is 2. The first-order chi connectivity index (χ1) is 11.9. The highest BCUT2D eigenvalue weighted by molar-refractivity contribution is 6.01. The van der Waals surface area contributed by atoms with E-state index in [1.807, 2.05) is 19.1 Å². The van der Waals surface area contributed by atoms with Gasteiger partial charge in [-0.25, -0.2) is 5.43 Å². The zero-order chi connectivity index (χ0) is 18.4. The molecule has 2 rings (SSSR count). The summed E-state index contributed by atoms with van der Waals surface area (Å²) in [6.45, 7) is 5.68. The first-order valence-electron chi connectivity index (χ1n) is 7.75. The van der Waals surface area contributed by atoms with Gasteiger partial charge in [-0.3, -0.25) is 14.9 Å². The van der Waals surface area contributed by atoms with E-state index in [1.165, 1.54) is 12.1 Å². The van der Waals surface area contributed by atoms with Crippen LogP contribution in [0.15, 0.2) is 47.6 Å². The standard InChI is InChI=1S/C18H19N3O4/c1-4-25-17-10-9-15(11-16(17)21(23)24)13(3)19-20-18(22)14-7-5-12(2)6-8-14/h5-11H,4H2,1-3H3,(H,20,22)/b19-13+. The molecule has 1 N–H and O–H groups in total. The maximum absolute atomic E-state index is 12.1. The topological polar surface area (TPSA) is 93.8 Å². The Morgan fingerprint density at radius 2 is 1.84 bits per heavy atom. The minimum atomic E-state index is -0.507. The molecule has 2 aromatic rings. The third-order valence-corrected chi connectivity index (χ3v) is 3.51. The van der Waals surface area contributed by atoms with Crippen LogP contribution in [0, 0.1) is 17.0 Å². The lowest BCUT2D eigenvalue weighted by Crippen LogP contribution is -2.19. The van der Waals surface area contributed by atoms with Crippen LogP contribution in [0.25, 0.3) is 0 Å². The molecule has 130 valence electrons. The number of aryl methyl sites for hydroxylation is 1. The highest BCUT2D eigenvalue weighted by Crippen LogP contribution is 2.28. The van der Waals surface area contributed by atoms with Gasteiger partial charge in [-0.05, 0) is 45.0 Å². The molecule has 7 heteroatoms. The van der Waals surface area contributed by atoms with Crippen LogP contribution >= 0.6 is 0 Å². The molecule has 0 heterocycles. The Labute approximate surface area is 145 Å². The Morgan fingerprint density at radius 3 is 2.44 bits per heavy atom. The summed E-state index contributed by atoms with van der Waals surface area (Å²) in [5.41, 5.74) is 4.83. The maximum Gasteiger partial charge on any atom is 0.311 e. The second-order valence-corrected chi connectivity index (χ2v) is 5.38. The summed E-state index contributed by atoms with van der Waals surface area (Å²) in [5, 5.41) is 15.2. The number of hydrogen-bond donors (Lipinski definition) is 1. The van der Waals surface area contributed by atoms with Crippen molar-refractivity contribution in [1.29, 1.82) is 0 Å². The Morgan fingerprint density at radius 1 is 1.20 bits per heavy atom. The minimum absolute atomic E-state index is 0.140. The van der Waals surface area contributed by atoms with Crippen molar-refractivity contribution in [3.8, 4) is 5.75 Å². The van der Waals surface area contributed by atoms with Crippen molar-refractivity contribution in [3.63, 3.8) is 0 Å². The van der Waals surface area contributed by atoms with Crippen LogP contribution in [0.1, 0.15) is 35.3 Å². The number of rotatable bonds is 6. The molecule has 0 saturated carbocycles. The molecular weight excluding hydrogens is 322 g/mol. The normalized spacial score (nSPS) is 11.1. The molecule has 0 radical (unpaired) electrons. The zero-order valence-electron chi connectivity index (χ0n) is 14.3. The smallest absolute Gasteiger partial charge is 0.311 e. The quantitative estimate of drug-likeness (QED) is 0.494. The van der Waals surface area contributed by atoms with Crippen LogP contribution in [-0.2, 0) is 0 Å². The van der Waals surface area contributed by atoms with Gasteiger partial charge in [0.1, 0.15) is 0 Å². The molecule has 0 spiro atoms. The first-order valence-corrected chi connectivity index (χ1v) is 7.75. The summed E-state index contributed by atoms with van der Waals surface area (Å²) in [5.74, 6) is -0.146. The van der Waals surface area contributed by atoms with Crippen LogP contribution in [0.5, 0.6) is 5.75 Å². The van der Waals surface area contributed by atoms with Crippen molar-refractivity contribution in [3.05, 3.63) is 69.3 Å². The predicted octanol–water partition coefficient (Wildman–Crippen LogP) is 3.46. The fourth-order valence-electron chi connectivity index (χ4n) is 2.13. The molecular formula is C18H19N3O4. The Hall–Kier alpha value is -3.22. The molecule has 2 aromatic carbocycles. The van der Waals surface area contributed by atoms with E-state index < -0.39 is 4.92 Å². The Kier molecular flexibility index (Phi) is 5.84. The molecule has 0 fully saturated rings. The maximum atomic E-state index is 12.1. The van der Waals surface area contributed by atoms with Crippen LogP contribution in [0.4, 0.5) is 5.69 Å². The number of nitrogens with one attached hydrogen (secondary N) is 1. The lowest BCUT2D eigenvalue weighted by atomic mass is 10.1. The van der Waals surface area contributed by atoms with Gasteiger partial charge in [0.15, 0.2) is 5.75 Å². The van der Waals surface area contributed by atoms with Gasteiger partial charge in [-0.15, -0.1) is 0 Å². The number of amides is 1. The van der Waals surface area contributed by atoms with Crippen molar-refractivity contribution < 1.29 is 14.5 Å². The Balaban J connectivity index is 2.18. The zero-order valence-corrected chi connectivity index (χ0v) is 14.3. The van der Waals surface area contributed by atoms with E-state index >= 15 is 0 Å². The van der Waals surface area contributed by atoms with E-state index in [1.54, 1.807) is 32.0 Å². The molecule has 0 bridgehead atoms. The van der Waals surface area contributed by atoms with Crippen LogP contribution in [0.3, 0.4) is 0 Å². The molecule has 1 amide bonds. The van der Waals surface area contributed by atoms with Gasteiger partial charge in [0.25, 0.3) is 5.91 Å². The number of hydrazone groups is 1. The summed E-state index contributed by atoms with van der Waals surface area (Å²) < 4.78 is 5.25. The number of benzene rings is 2. The average Bonchev–Trinajstić information content (AvgIpc) is 2.60. The highest BCUT2D eigenvalue weighted by Gasteiger charge is 2.16. The van der Waals surface area contributed by atoms with E-state index in [0.29, 0.717) is 23.4 Å².